The number of rotatable bonds is 8. The van der Waals surface area contributed by atoms with Crippen molar-refractivity contribution in [1.29, 1.82) is 0 Å². The molecule has 2 aromatic rings. The van der Waals surface area contributed by atoms with Crippen molar-refractivity contribution < 1.29 is 19.3 Å². The highest BCUT2D eigenvalue weighted by Gasteiger charge is 2.38. The van der Waals surface area contributed by atoms with Crippen molar-refractivity contribution in [3.63, 3.8) is 0 Å². The van der Waals surface area contributed by atoms with Gasteiger partial charge in [0.2, 0.25) is 0 Å². The smallest absolute Gasteiger partial charge is 0.185 e. The lowest BCUT2D eigenvalue weighted by atomic mass is 10.0. The van der Waals surface area contributed by atoms with Gasteiger partial charge in [0.15, 0.2) is 6.29 Å². The van der Waals surface area contributed by atoms with E-state index in [1.54, 1.807) is 6.08 Å². The van der Waals surface area contributed by atoms with Gasteiger partial charge >= 0.3 is 0 Å². The van der Waals surface area contributed by atoms with Gasteiger partial charge in [0.1, 0.15) is 6.10 Å². The summed E-state index contributed by atoms with van der Waals surface area (Å²) in [6, 6.07) is 20.0. The summed E-state index contributed by atoms with van der Waals surface area (Å²) in [5.41, 5.74) is 2.15. The molecule has 1 N–H and O–H groups in total. The first-order valence-electron chi connectivity index (χ1n) is 9.03. The Morgan fingerprint density at radius 2 is 1.73 bits per heavy atom. The first-order valence-corrected chi connectivity index (χ1v) is 9.03. The van der Waals surface area contributed by atoms with Gasteiger partial charge in [-0.1, -0.05) is 79.7 Å². The number of ether oxygens (including phenoxy) is 3. The summed E-state index contributed by atoms with van der Waals surface area (Å²) >= 11 is 0. The quantitative estimate of drug-likeness (QED) is 0.731. The van der Waals surface area contributed by atoms with E-state index < -0.39 is 6.29 Å². The van der Waals surface area contributed by atoms with E-state index in [2.05, 4.69) is 19.1 Å². The molecule has 0 saturated carbocycles. The Morgan fingerprint density at radius 1 is 1.04 bits per heavy atom. The van der Waals surface area contributed by atoms with E-state index in [1.165, 1.54) is 0 Å². The number of aliphatic hydroxyl groups is 1. The summed E-state index contributed by atoms with van der Waals surface area (Å²) in [5, 5.41) is 9.09. The molecule has 4 atom stereocenters. The fourth-order valence-electron chi connectivity index (χ4n) is 3.08. The van der Waals surface area contributed by atoms with Crippen molar-refractivity contribution in [1.82, 2.24) is 0 Å². The number of hydrogen-bond donors (Lipinski definition) is 1. The third kappa shape index (κ3) is 5.02. The van der Waals surface area contributed by atoms with Gasteiger partial charge in [-0.3, -0.25) is 0 Å². The van der Waals surface area contributed by atoms with Crippen LogP contribution in [0.25, 0.3) is 0 Å². The molecule has 26 heavy (non-hydrogen) atoms. The molecule has 1 unspecified atom stereocenters. The minimum atomic E-state index is -0.397. The second-order valence-corrected chi connectivity index (χ2v) is 6.53. The molecule has 0 bridgehead atoms. The van der Waals surface area contributed by atoms with Crippen molar-refractivity contribution >= 4 is 0 Å². The second kappa shape index (κ2) is 9.64. The summed E-state index contributed by atoms with van der Waals surface area (Å²) in [5.74, 6) is 0.153. The molecule has 1 heterocycles. The van der Waals surface area contributed by atoms with Gasteiger partial charge in [0, 0.05) is 11.5 Å². The van der Waals surface area contributed by atoms with Crippen LogP contribution >= 0.6 is 0 Å². The third-order valence-corrected chi connectivity index (χ3v) is 4.44. The monoisotopic (exact) mass is 354 g/mol. The van der Waals surface area contributed by atoms with Gasteiger partial charge in [0.05, 0.1) is 25.9 Å². The largest absolute Gasteiger partial charge is 0.392 e. The molecule has 0 radical (unpaired) electrons. The molecule has 0 aromatic heterocycles. The molecule has 2 aromatic carbocycles. The maximum Gasteiger partial charge on any atom is 0.185 e. The molecule has 1 aliphatic rings. The van der Waals surface area contributed by atoms with Crippen LogP contribution < -0.4 is 0 Å². The van der Waals surface area contributed by atoms with Crippen LogP contribution in [0.15, 0.2) is 72.8 Å². The van der Waals surface area contributed by atoms with Gasteiger partial charge in [-0.05, 0) is 5.56 Å². The zero-order valence-electron chi connectivity index (χ0n) is 15.0. The molecule has 0 amide bonds. The minimum Gasteiger partial charge on any atom is -0.392 e. The summed E-state index contributed by atoms with van der Waals surface area (Å²) in [7, 11) is 0. The summed E-state index contributed by atoms with van der Waals surface area (Å²) in [6.45, 7) is 3.25. The lowest BCUT2D eigenvalue weighted by molar-refractivity contribution is -0.0773. The molecule has 1 fully saturated rings. The van der Waals surface area contributed by atoms with Crippen molar-refractivity contribution in [3.8, 4) is 0 Å². The average molecular weight is 354 g/mol. The predicted octanol–water partition coefficient (Wildman–Crippen LogP) is 3.87. The van der Waals surface area contributed by atoms with Gasteiger partial charge in [-0.25, -0.2) is 0 Å². The minimum absolute atomic E-state index is 0.0124. The normalized spacial score (nSPS) is 24.2. The first kappa shape index (κ1) is 18.8. The first-order chi connectivity index (χ1) is 12.8. The Hall–Kier alpha value is -1.98. The maximum absolute atomic E-state index is 9.09. The van der Waals surface area contributed by atoms with E-state index in [1.807, 2.05) is 54.6 Å². The van der Waals surface area contributed by atoms with Crippen LogP contribution in [0, 0.1) is 5.92 Å². The Balaban J connectivity index is 1.60. The Kier molecular flexibility index (Phi) is 6.97. The van der Waals surface area contributed by atoms with Crippen LogP contribution in [-0.4, -0.2) is 30.5 Å². The third-order valence-electron chi connectivity index (χ3n) is 4.44. The van der Waals surface area contributed by atoms with Crippen LogP contribution in [0.4, 0.5) is 0 Å². The molecule has 3 rings (SSSR count). The Labute approximate surface area is 155 Å². The maximum atomic E-state index is 9.09. The predicted molar refractivity (Wildman–Crippen MR) is 100 cm³/mol. The fraction of sp³-hybridized carbons (Fsp3) is 0.364. The van der Waals surface area contributed by atoms with E-state index in [-0.39, 0.29) is 24.7 Å². The molecular weight excluding hydrogens is 328 g/mol. The van der Waals surface area contributed by atoms with Crippen molar-refractivity contribution in [2.75, 3.05) is 13.2 Å². The molecule has 0 spiro atoms. The van der Waals surface area contributed by atoms with Crippen LogP contribution in [0.5, 0.6) is 0 Å². The van der Waals surface area contributed by atoms with Crippen molar-refractivity contribution in [2.24, 2.45) is 5.92 Å². The van der Waals surface area contributed by atoms with Gasteiger partial charge in [-0.15, -0.1) is 0 Å². The SMILES string of the molecule is C[C@@H](COCc1ccccc1)[C@@H]1OC(c2ccccc2)O[C@H]1/C=C/CO. The van der Waals surface area contributed by atoms with E-state index >= 15 is 0 Å². The average Bonchev–Trinajstić information content (AvgIpc) is 3.12. The zero-order chi connectivity index (χ0) is 18.2. The Bertz CT molecular complexity index is 671. The lowest BCUT2D eigenvalue weighted by Gasteiger charge is -2.21. The van der Waals surface area contributed by atoms with Gasteiger partial charge in [-0.2, -0.15) is 0 Å². The highest BCUT2D eigenvalue weighted by Crippen LogP contribution is 2.35. The lowest BCUT2D eigenvalue weighted by Crippen LogP contribution is -2.31. The highest BCUT2D eigenvalue weighted by molar-refractivity contribution is 5.17. The molecule has 138 valence electrons. The van der Waals surface area contributed by atoms with Gasteiger partial charge in [0.25, 0.3) is 0 Å². The molecule has 4 nitrogen and oxygen atoms in total. The van der Waals surface area contributed by atoms with Crippen molar-refractivity contribution in [3.05, 3.63) is 83.9 Å². The Morgan fingerprint density at radius 3 is 2.42 bits per heavy atom. The van der Waals surface area contributed by atoms with Crippen LogP contribution in [-0.2, 0) is 20.8 Å². The summed E-state index contributed by atoms with van der Waals surface area (Å²) in [4.78, 5) is 0. The molecule has 4 heteroatoms. The van der Waals surface area contributed by atoms with Crippen molar-refractivity contribution in [2.45, 2.75) is 32.0 Å². The number of benzene rings is 2. The second-order valence-electron chi connectivity index (χ2n) is 6.53. The molecule has 0 aliphatic carbocycles. The molecule has 1 aliphatic heterocycles. The number of hydrogen-bond acceptors (Lipinski definition) is 4. The van der Waals surface area contributed by atoms with E-state index in [0.717, 1.165) is 11.1 Å². The highest BCUT2D eigenvalue weighted by atomic mass is 16.7. The zero-order valence-corrected chi connectivity index (χ0v) is 15.0. The van der Waals surface area contributed by atoms with E-state index in [0.29, 0.717) is 13.2 Å². The van der Waals surface area contributed by atoms with E-state index in [4.69, 9.17) is 19.3 Å². The van der Waals surface area contributed by atoms with Crippen LogP contribution in [0.3, 0.4) is 0 Å². The summed E-state index contributed by atoms with van der Waals surface area (Å²) in [6.07, 6.45) is 2.85. The fourth-order valence-corrected chi connectivity index (χ4v) is 3.08. The molecular formula is C22H26O4. The van der Waals surface area contributed by atoms with E-state index in [9.17, 15) is 0 Å². The topological polar surface area (TPSA) is 47.9 Å². The van der Waals surface area contributed by atoms with Gasteiger partial charge < -0.3 is 19.3 Å². The standard InChI is InChI=1S/C22H26O4/c1-17(15-24-16-18-9-4-2-5-10-18)21-20(13-8-14-23)25-22(26-21)19-11-6-3-7-12-19/h2-13,17,20-23H,14-16H2,1H3/b13-8+/t17-,20-,21-,22?/m0/s1. The molecule has 1 saturated heterocycles. The van der Waals surface area contributed by atoms with Crippen LogP contribution in [0.2, 0.25) is 0 Å². The number of aliphatic hydroxyl groups excluding tert-OH is 1. The van der Waals surface area contributed by atoms with Crippen LogP contribution in [0.1, 0.15) is 24.3 Å². The summed E-state index contributed by atoms with van der Waals surface area (Å²) < 4.78 is 18.1.